The molecular formula is C17H30N2. The molecule has 0 saturated heterocycles. The molecule has 0 aliphatic carbocycles. The van der Waals surface area contributed by atoms with Crippen LogP contribution < -0.4 is 5.32 Å². The van der Waals surface area contributed by atoms with Gasteiger partial charge in [-0.3, -0.25) is 4.90 Å². The average molecular weight is 262 g/mol. The van der Waals surface area contributed by atoms with E-state index in [0.717, 1.165) is 19.6 Å². The lowest BCUT2D eigenvalue weighted by atomic mass is 10.2. The van der Waals surface area contributed by atoms with Crippen LogP contribution >= 0.6 is 0 Å². The molecule has 1 aromatic carbocycles. The van der Waals surface area contributed by atoms with Crippen LogP contribution in [0.15, 0.2) is 30.3 Å². The van der Waals surface area contributed by atoms with Crippen LogP contribution in [0.4, 0.5) is 0 Å². The maximum absolute atomic E-state index is 3.54. The molecule has 0 fully saturated rings. The van der Waals surface area contributed by atoms with Crippen LogP contribution in [-0.4, -0.2) is 30.6 Å². The highest BCUT2D eigenvalue weighted by atomic mass is 15.2. The molecule has 2 nitrogen and oxygen atoms in total. The summed E-state index contributed by atoms with van der Waals surface area (Å²) in [7, 11) is 0. The minimum atomic E-state index is 0.649. The molecule has 0 amide bonds. The number of nitrogens with zero attached hydrogens (tertiary/aromatic N) is 1. The first-order valence-corrected chi connectivity index (χ1v) is 7.72. The lowest BCUT2D eigenvalue weighted by Crippen LogP contribution is -2.37. The van der Waals surface area contributed by atoms with Crippen LogP contribution in [-0.2, 0) is 6.54 Å². The molecule has 1 aromatic rings. The Kier molecular flexibility index (Phi) is 8.52. The number of hydrogen-bond donors (Lipinski definition) is 1. The Balaban J connectivity index is 2.17. The van der Waals surface area contributed by atoms with Gasteiger partial charge in [-0.05, 0) is 32.4 Å². The normalized spacial score (nSPS) is 11.4. The molecule has 1 N–H and O–H groups in total. The monoisotopic (exact) mass is 262 g/mol. The summed E-state index contributed by atoms with van der Waals surface area (Å²) < 4.78 is 0. The van der Waals surface area contributed by atoms with Crippen molar-refractivity contribution in [3.63, 3.8) is 0 Å². The predicted molar refractivity (Wildman–Crippen MR) is 84.4 cm³/mol. The molecule has 0 atom stereocenters. The van der Waals surface area contributed by atoms with E-state index in [9.17, 15) is 0 Å². The summed E-state index contributed by atoms with van der Waals surface area (Å²) in [5.41, 5.74) is 1.37. The standard InChI is InChI=1S/C17H30N2/c1-4-5-9-13-19(16(2)3)14-12-18-15-17-10-7-6-8-11-17/h6-8,10-11,16,18H,4-5,9,12-15H2,1-3H3. The summed E-state index contributed by atoms with van der Waals surface area (Å²) in [5.74, 6) is 0. The predicted octanol–water partition coefficient (Wildman–Crippen LogP) is 3.68. The first-order chi connectivity index (χ1) is 9.24. The van der Waals surface area contributed by atoms with Crippen molar-refractivity contribution in [1.82, 2.24) is 10.2 Å². The molecule has 0 saturated carbocycles. The minimum absolute atomic E-state index is 0.649. The van der Waals surface area contributed by atoms with E-state index in [2.05, 4.69) is 61.3 Å². The van der Waals surface area contributed by atoms with Crippen LogP contribution in [0.2, 0.25) is 0 Å². The number of nitrogens with one attached hydrogen (secondary N) is 1. The molecule has 0 spiro atoms. The zero-order valence-corrected chi connectivity index (χ0v) is 12.9. The quantitative estimate of drug-likeness (QED) is 0.647. The molecule has 0 aromatic heterocycles. The maximum Gasteiger partial charge on any atom is 0.0206 e. The van der Waals surface area contributed by atoms with E-state index >= 15 is 0 Å². The molecule has 1 rings (SSSR count). The fourth-order valence-corrected chi connectivity index (χ4v) is 2.24. The highest BCUT2D eigenvalue weighted by Crippen LogP contribution is 2.03. The molecule has 0 unspecified atom stereocenters. The largest absolute Gasteiger partial charge is 0.311 e. The van der Waals surface area contributed by atoms with Gasteiger partial charge >= 0.3 is 0 Å². The Morgan fingerprint density at radius 3 is 2.42 bits per heavy atom. The lowest BCUT2D eigenvalue weighted by molar-refractivity contribution is 0.217. The Labute approximate surface area is 119 Å². The summed E-state index contributed by atoms with van der Waals surface area (Å²) in [5, 5.41) is 3.54. The third kappa shape index (κ3) is 7.34. The van der Waals surface area contributed by atoms with Crippen LogP contribution in [0, 0.1) is 0 Å². The first kappa shape index (κ1) is 16.2. The van der Waals surface area contributed by atoms with E-state index in [0.29, 0.717) is 6.04 Å². The molecule has 0 aliphatic rings. The fourth-order valence-electron chi connectivity index (χ4n) is 2.24. The zero-order chi connectivity index (χ0) is 13.9. The highest BCUT2D eigenvalue weighted by Gasteiger charge is 2.07. The van der Waals surface area contributed by atoms with Gasteiger partial charge in [-0.25, -0.2) is 0 Å². The molecular weight excluding hydrogens is 232 g/mol. The van der Waals surface area contributed by atoms with Gasteiger partial charge in [-0.15, -0.1) is 0 Å². The Hall–Kier alpha value is -0.860. The van der Waals surface area contributed by atoms with Crippen LogP contribution in [0.3, 0.4) is 0 Å². The van der Waals surface area contributed by atoms with Gasteiger partial charge < -0.3 is 5.32 Å². The SMILES string of the molecule is CCCCCN(CCNCc1ccccc1)C(C)C. The Morgan fingerprint density at radius 2 is 1.79 bits per heavy atom. The zero-order valence-electron chi connectivity index (χ0n) is 12.9. The van der Waals surface area contributed by atoms with Crippen molar-refractivity contribution in [3.05, 3.63) is 35.9 Å². The Bertz CT molecular complexity index is 308. The number of rotatable bonds is 10. The summed E-state index contributed by atoms with van der Waals surface area (Å²) >= 11 is 0. The van der Waals surface area contributed by atoms with E-state index in [1.54, 1.807) is 0 Å². The van der Waals surface area contributed by atoms with Gasteiger partial charge in [0.25, 0.3) is 0 Å². The molecule has 19 heavy (non-hydrogen) atoms. The van der Waals surface area contributed by atoms with Crippen LogP contribution in [0.1, 0.15) is 45.6 Å². The topological polar surface area (TPSA) is 15.3 Å². The van der Waals surface area contributed by atoms with E-state index in [1.165, 1.54) is 31.4 Å². The van der Waals surface area contributed by atoms with Crippen molar-refractivity contribution < 1.29 is 0 Å². The number of benzene rings is 1. The van der Waals surface area contributed by atoms with Crippen LogP contribution in [0.5, 0.6) is 0 Å². The maximum atomic E-state index is 3.54. The summed E-state index contributed by atoms with van der Waals surface area (Å²) in [6.45, 7) is 11.3. The van der Waals surface area contributed by atoms with Gasteiger partial charge in [0.2, 0.25) is 0 Å². The van der Waals surface area contributed by atoms with Gasteiger partial charge in [-0.1, -0.05) is 50.1 Å². The van der Waals surface area contributed by atoms with E-state index < -0.39 is 0 Å². The van der Waals surface area contributed by atoms with E-state index in [4.69, 9.17) is 0 Å². The van der Waals surface area contributed by atoms with Crippen molar-refractivity contribution in [2.45, 2.75) is 52.6 Å². The molecule has 0 aliphatic heterocycles. The Morgan fingerprint density at radius 1 is 1.05 bits per heavy atom. The van der Waals surface area contributed by atoms with E-state index in [-0.39, 0.29) is 0 Å². The van der Waals surface area contributed by atoms with Gasteiger partial charge in [-0.2, -0.15) is 0 Å². The van der Waals surface area contributed by atoms with Crippen LogP contribution in [0.25, 0.3) is 0 Å². The summed E-state index contributed by atoms with van der Waals surface area (Å²) in [6, 6.07) is 11.3. The molecule has 0 bridgehead atoms. The summed E-state index contributed by atoms with van der Waals surface area (Å²) in [6.07, 6.45) is 3.98. The van der Waals surface area contributed by atoms with Crippen molar-refractivity contribution in [1.29, 1.82) is 0 Å². The highest BCUT2D eigenvalue weighted by molar-refractivity contribution is 5.14. The minimum Gasteiger partial charge on any atom is -0.311 e. The van der Waals surface area contributed by atoms with Crippen molar-refractivity contribution in [2.24, 2.45) is 0 Å². The molecule has 0 heterocycles. The smallest absolute Gasteiger partial charge is 0.0206 e. The fraction of sp³-hybridized carbons (Fsp3) is 0.647. The average Bonchev–Trinajstić information content (AvgIpc) is 2.42. The molecule has 108 valence electrons. The lowest BCUT2D eigenvalue weighted by Gasteiger charge is -2.26. The molecule has 2 heteroatoms. The third-order valence-corrected chi connectivity index (χ3v) is 3.53. The number of unbranched alkanes of at least 4 members (excludes halogenated alkanes) is 2. The second-order valence-corrected chi connectivity index (χ2v) is 5.50. The summed E-state index contributed by atoms with van der Waals surface area (Å²) in [4.78, 5) is 2.58. The molecule has 0 radical (unpaired) electrons. The second kappa shape index (κ2) is 9.99. The van der Waals surface area contributed by atoms with Gasteiger partial charge in [0, 0.05) is 25.7 Å². The first-order valence-electron chi connectivity index (χ1n) is 7.72. The second-order valence-electron chi connectivity index (χ2n) is 5.50. The number of hydrogen-bond acceptors (Lipinski definition) is 2. The van der Waals surface area contributed by atoms with Gasteiger partial charge in [0.05, 0.1) is 0 Å². The van der Waals surface area contributed by atoms with Gasteiger partial charge in [0.1, 0.15) is 0 Å². The van der Waals surface area contributed by atoms with Crippen molar-refractivity contribution >= 4 is 0 Å². The van der Waals surface area contributed by atoms with Gasteiger partial charge in [0.15, 0.2) is 0 Å². The van der Waals surface area contributed by atoms with E-state index in [1.807, 2.05) is 0 Å². The van der Waals surface area contributed by atoms with Crippen molar-refractivity contribution in [3.8, 4) is 0 Å². The van der Waals surface area contributed by atoms with Crippen molar-refractivity contribution in [2.75, 3.05) is 19.6 Å². The third-order valence-electron chi connectivity index (χ3n) is 3.53.